The first-order valence-corrected chi connectivity index (χ1v) is 18.9. The third-order valence-corrected chi connectivity index (χ3v) is 9.36. The van der Waals surface area contributed by atoms with Gasteiger partial charge in [0.05, 0.1) is 26.4 Å². The molecule has 0 fully saturated rings. The molecule has 296 valence electrons. The van der Waals surface area contributed by atoms with Gasteiger partial charge in [-0.15, -0.1) is 0 Å². The fourth-order valence-corrected chi connectivity index (χ4v) is 6.82. The van der Waals surface area contributed by atoms with Crippen molar-refractivity contribution in [1.82, 2.24) is 0 Å². The Morgan fingerprint density at radius 1 is 0.357 bits per heavy atom. The van der Waals surface area contributed by atoms with Crippen LogP contribution in [0.5, 0.6) is 23.0 Å². The van der Waals surface area contributed by atoms with E-state index in [1.54, 1.807) is 0 Å². The number of carboxylic acids is 4. The molecule has 4 N–H and O–H groups in total. The molecule has 0 heterocycles. The Labute approximate surface area is 325 Å². The van der Waals surface area contributed by atoms with E-state index >= 15 is 0 Å². The van der Waals surface area contributed by atoms with E-state index in [4.69, 9.17) is 18.9 Å². The summed E-state index contributed by atoms with van der Waals surface area (Å²) in [7, 11) is 0. The van der Waals surface area contributed by atoms with Crippen LogP contribution in [0.4, 0.5) is 0 Å². The predicted molar refractivity (Wildman–Crippen MR) is 206 cm³/mol. The topological polar surface area (TPSA) is 186 Å². The molecular weight excluding hydrogens is 720 g/mol. The van der Waals surface area contributed by atoms with Crippen molar-refractivity contribution in [3.63, 3.8) is 0 Å². The second-order valence-electron chi connectivity index (χ2n) is 13.7. The normalized spacial score (nSPS) is 12.0. The van der Waals surface area contributed by atoms with Gasteiger partial charge < -0.3 is 39.4 Å². The van der Waals surface area contributed by atoms with E-state index in [0.29, 0.717) is 74.4 Å². The molecule has 5 rings (SSSR count). The predicted octanol–water partition coefficient (Wildman–Crippen LogP) is 7.34. The SMILES string of the molecule is O=C(O)CCCOc1c2cccc1Cc1cccc(c1OCCCC(=O)O)Cc1cccc(c1OCCCC(=O)O)Cc1cccc(c1OCCCC(=O)O)C2. The van der Waals surface area contributed by atoms with E-state index in [-0.39, 0.29) is 52.1 Å². The third kappa shape index (κ3) is 12.0. The van der Waals surface area contributed by atoms with Gasteiger partial charge >= 0.3 is 23.9 Å². The van der Waals surface area contributed by atoms with Gasteiger partial charge in [0.2, 0.25) is 0 Å². The van der Waals surface area contributed by atoms with Gasteiger partial charge in [-0.25, -0.2) is 0 Å². The summed E-state index contributed by atoms with van der Waals surface area (Å²) in [5.41, 5.74) is 6.79. The lowest BCUT2D eigenvalue weighted by atomic mass is 9.91. The van der Waals surface area contributed by atoms with Gasteiger partial charge in [-0.05, 0) is 70.2 Å². The lowest BCUT2D eigenvalue weighted by Crippen LogP contribution is -2.11. The number of hydrogen-bond donors (Lipinski definition) is 4. The zero-order chi connectivity index (χ0) is 39.9. The Bertz CT molecular complexity index is 1640. The van der Waals surface area contributed by atoms with Crippen molar-refractivity contribution in [2.75, 3.05) is 26.4 Å². The summed E-state index contributed by atoms with van der Waals surface area (Å²) in [6.45, 7) is 0.712. The molecule has 12 heteroatoms. The van der Waals surface area contributed by atoms with Crippen LogP contribution in [0.1, 0.15) is 95.9 Å². The summed E-state index contributed by atoms with van der Waals surface area (Å²) in [4.78, 5) is 45.3. The summed E-state index contributed by atoms with van der Waals surface area (Å²) in [6.07, 6.45) is 2.61. The lowest BCUT2D eigenvalue weighted by molar-refractivity contribution is -0.138. The number of aliphatic carboxylic acids is 4. The molecule has 0 unspecified atom stereocenters. The zero-order valence-corrected chi connectivity index (χ0v) is 31.3. The number of rotatable bonds is 20. The smallest absolute Gasteiger partial charge is 0.303 e. The maximum absolute atomic E-state index is 11.3. The highest BCUT2D eigenvalue weighted by Gasteiger charge is 2.22. The first kappa shape index (κ1) is 41.1. The quantitative estimate of drug-likeness (QED) is 0.0579. The van der Waals surface area contributed by atoms with Gasteiger partial charge in [0, 0.05) is 51.4 Å². The number of para-hydroxylation sites is 4. The third-order valence-electron chi connectivity index (χ3n) is 9.36. The summed E-state index contributed by atoms with van der Waals surface area (Å²) in [6, 6.07) is 23.5. The Morgan fingerprint density at radius 3 is 0.696 bits per heavy atom. The van der Waals surface area contributed by atoms with Gasteiger partial charge in [-0.2, -0.15) is 0 Å². The Morgan fingerprint density at radius 2 is 0.536 bits per heavy atom. The molecule has 8 bridgehead atoms. The molecule has 0 saturated carbocycles. The van der Waals surface area contributed by atoms with E-state index in [9.17, 15) is 39.6 Å². The van der Waals surface area contributed by atoms with Crippen molar-refractivity contribution < 1.29 is 58.6 Å². The molecule has 0 spiro atoms. The number of benzene rings is 4. The highest BCUT2D eigenvalue weighted by molar-refractivity contribution is 5.67. The van der Waals surface area contributed by atoms with Crippen LogP contribution >= 0.6 is 0 Å². The Hall–Kier alpha value is -6.04. The average Bonchev–Trinajstić information content (AvgIpc) is 3.14. The van der Waals surface area contributed by atoms with E-state index in [0.717, 1.165) is 44.5 Å². The fraction of sp³-hybridized carbons (Fsp3) is 0.364. The standard InChI is InChI=1S/C44H48O12/c45-37(46)17-5-21-53-41-29-9-1-10-30(41)26-32-12-3-14-34(43(32)55-23-7-19-39(49)50)28-36-16-4-15-35(44(36)56-24-8-20-40(51)52)27-33-13-2-11-31(25-29)42(33)54-22-6-18-38(47)48/h1-4,9-16H,5-8,17-28H2,(H,45,46)(H,47,48)(H,49,50)(H,51,52). The molecule has 12 nitrogen and oxygen atoms in total. The molecule has 0 radical (unpaired) electrons. The van der Waals surface area contributed by atoms with Gasteiger partial charge in [0.15, 0.2) is 0 Å². The van der Waals surface area contributed by atoms with Gasteiger partial charge in [-0.1, -0.05) is 72.8 Å². The molecule has 0 amide bonds. The molecule has 4 aromatic rings. The van der Waals surface area contributed by atoms with Crippen LogP contribution in [-0.2, 0) is 44.9 Å². The van der Waals surface area contributed by atoms with E-state index in [1.807, 2.05) is 72.8 Å². The van der Waals surface area contributed by atoms with Crippen LogP contribution in [0.2, 0.25) is 0 Å². The summed E-state index contributed by atoms with van der Waals surface area (Å²) in [5.74, 6) is -1.16. The van der Waals surface area contributed by atoms with Crippen LogP contribution < -0.4 is 18.9 Å². The molecule has 56 heavy (non-hydrogen) atoms. The largest absolute Gasteiger partial charge is 0.493 e. The fourth-order valence-electron chi connectivity index (χ4n) is 6.82. The molecule has 0 aliphatic heterocycles. The number of ether oxygens (including phenoxy) is 4. The minimum atomic E-state index is -0.912. The number of hydrogen-bond acceptors (Lipinski definition) is 8. The first-order chi connectivity index (χ1) is 27.1. The number of carbonyl (C=O) groups is 4. The molecule has 0 atom stereocenters. The zero-order valence-electron chi connectivity index (χ0n) is 31.3. The number of carboxylic acid groups (broad SMARTS) is 4. The van der Waals surface area contributed by atoms with E-state index in [2.05, 4.69) is 0 Å². The van der Waals surface area contributed by atoms with Crippen LogP contribution in [0.15, 0.2) is 72.8 Å². The molecular formula is C44H48O12. The van der Waals surface area contributed by atoms with Crippen molar-refractivity contribution in [2.24, 2.45) is 0 Å². The van der Waals surface area contributed by atoms with Gasteiger partial charge in [0.25, 0.3) is 0 Å². The Kier molecular flexibility index (Phi) is 15.1. The summed E-state index contributed by atoms with van der Waals surface area (Å²) >= 11 is 0. The van der Waals surface area contributed by atoms with E-state index < -0.39 is 23.9 Å². The minimum Gasteiger partial charge on any atom is -0.493 e. The maximum atomic E-state index is 11.3. The second kappa shape index (κ2) is 20.6. The van der Waals surface area contributed by atoms with Crippen molar-refractivity contribution in [1.29, 1.82) is 0 Å². The van der Waals surface area contributed by atoms with Crippen LogP contribution in [0, 0.1) is 0 Å². The monoisotopic (exact) mass is 768 g/mol. The van der Waals surface area contributed by atoms with Crippen molar-refractivity contribution in [2.45, 2.75) is 77.0 Å². The van der Waals surface area contributed by atoms with Gasteiger partial charge in [-0.3, -0.25) is 19.2 Å². The molecule has 4 aromatic carbocycles. The second-order valence-corrected chi connectivity index (χ2v) is 13.7. The van der Waals surface area contributed by atoms with Crippen LogP contribution in [0.25, 0.3) is 0 Å². The lowest BCUT2D eigenvalue weighted by Gasteiger charge is -2.23. The van der Waals surface area contributed by atoms with Crippen molar-refractivity contribution in [3.05, 3.63) is 117 Å². The van der Waals surface area contributed by atoms with Crippen molar-refractivity contribution in [3.8, 4) is 23.0 Å². The molecule has 1 aliphatic rings. The molecule has 1 aliphatic carbocycles. The van der Waals surface area contributed by atoms with Crippen LogP contribution in [0.3, 0.4) is 0 Å². The first-order valence-electron chi connectivity index (χ1n) is 18.9. The molecule has 0 saturated heterocycles. The van der Waals surface area contributed by atoms with Crippen molar-refractivity contribution >= 4 is 23.9 Å². The average molecular weight is 769 g/mol. The Balaban J connectivity index is 1.66. The summed E-state index contributed by atoms with van der Waals surface area (Å²) < 4.78 is 25.7. The van der Waals surface area contributed by atoms with E-state index in [1.165, 1.54) is 0 Å². The minimum absolute atomic E-state index is 0.0460. The molecule has 0 aromatic heterocycles. The van der Waals surface area contributed by atoms with Gasteiger partial charge in [0.1, 0.15) is 23.0 Å². The highest BCUT2D eigenvalue weighted by Crippen LogP contribution is 2.39. The summed E-state index contributed by atoms with van der Waals surface area (Å²) in [5, 5.41) is 37.2. The van der Waals surface area contributed by atoms with Crippen LogP contribution in [-0.4, -0.2) is 70.7 Å². The highest BCUT2D eigenvalue weighted by atomic mass is 16.5. The number of fused-ring (bicyclic) bond motifs is 8. The maximum Gasteiger partial charge on any atom is 0.303 e.